The lowest BCUT2D eigenvalue weighted by atomic mass is 9.97. The molecule has 1 rings (SSSR count). The van der Waals surface area contributed by atoms with E-state index in [1.165, 1.54) is 12.1 Å². The van der Waals surface area contributed by atoms with Gasteiger partial charge < -0.3 is 15.5 Å². The topological polar surface area (TPSA) is 86.6 Å². The molecule has 1 amide bonds. The number of carboxylic acid groups (broad SMARTS) is 1. The largest absolute Gasteiger partial charge is 0.479 e. The summed E-state index contributed by atoms with van der Waals surface area (Å²) in [4.78, 5) is 22.4. The smallest absolute Gasteiger partial charge is 0.337 e. The molecule has 0 bridgehead atoms. The molecule has 0 aliphatic carbocycles. The molecule has 2 atom stereocenters. The summed E-state index contributed by atoms with van der Waals surface area (Å²) in [6, 6.07) is 6.17. The molecular weight excluding hydrogens is 277 g/mol. The van der Waals surface area contributed by atoms with Crippen LogP contribution in [0.15, 0.2) is 24.3 Å². The standard InChI is InChI=1S/C15H20FNO4/c1-10(6-11-4-3-5-12(16)8-11)7-13(18)17-9-15(2,21)14(19)20/h3-5,8,10,21H,6-7,9H2,1-2H3,(H,17,18)(H,19,20). The van der Waals surface area contributed by atoms with Gasteiger partial charge in [-0.1, -0.05) is 19.1 Å². The number of halogens is 1. The highest BCUT2D eigenvalue weighted by Gasteiger charge is 2.30. The summed E-state index contributed by atoms with van der Waals surface area (Å²) in [7, 11) is 0. The maximum absolute atomic E-state index is 13.0. The van der Waals surface area contributed by atoms with Gasteiger partial charge in [-0.05, 0) is 37.0 Å². The highest BCUT2D eigenvalue weighted by Crippen LogP contribution is 2.13. The number of rotatable bonds is 7. The molecule has 0 saturated heterocycles. The van der Waals surface area contributed by atoms with Crippen LogP contribution in [0.2, 0.25) is 0 Å². The maximum atomic E-state index is 13.0. The van der Waals surface area contributed by atoms with E-state index in [1.807, 2.05) is 6.92 Å². The normalized spacial score (nSPS) is 15.0. The minimum atomic E-state index is -1.98. The summed E-state index contributed by atoms with van der Waals surface area (Å²) >= 11 is 0. The molecule has 0 heterocycles. The van der Waals surface area contributed by atoms with Gasteiger partial charge in [-0.15, -0.1) is 0 Å². The number of benzene rings is 1. The van der Waals surface area contributed by atoms with E-state index in [2.05, 4.69) is 5.32 Å². The Kier molecular flexibility index (Phi) is 5.84. The summed E-state index contributed by atoms with van der Waals surface area (Å²) < 4.78 is 13.0. The van der Waals surface area contributed by atoms with Crippen molar-refractivity contribution in [2.45, 2.75) is 32.3 Å². The lowest BCUT2D eigenvalue weighted by Crippen LogP contribution is -2.46. The van der Waals surface area contributed by atoms with E-state index < -0.39 is 11.6 Å². The second-order valence-electron chi connectivity index (χ2n) is 5.50. The molecule has 1 aromatic carbocycles. The fraction of sp³-hybridized carbons (Fsp3) is 0.467. The SMILES string of the molecule is CC(CC(=O)NCC(C)(O)C(=O)O)Cc1cccc(F)c1. The van der Waals surface area contributed by atoms with Crippen molar-refractivity contribution in [1.82, 2.24) is 5.32 Å². The Bertz CT molecular complexity index is 516. The Morgan fingerprint density at radius 2 is 2.10 bits per heavy atom. The number of aliphatic carboxylic acids is 1. The average molecular weight is 297 g/mol. The van der Waals surface area contributed by atoms with Crippen LogP contribution in [-0.2, 0) is 16.0 Å². The molecule has 5 nitrogen and oxygen atoms in total. The third kappa shape index (κ3) is 5.91. The summed E-state index contributed by atoms with van der Waals surface area (Å²) in [5, 5.41) is 20.6. The molecule has 1 aromatic rings. The molecule has 3 N–H and O–H groups in total. The van der Waals surface area contributed by atoms with Gasteiger partial charge in [0.25, 0.3) is 0 Å². The molecule has 0 aromatic heterocycles. The van der Waals surface area contributed by atoms with Crippen molar-refractivity contribution in [3.05, 3.63) is 35.6 Å². The number of hydrogen-bond donors (Lipinski definition) is 3. The van der Waals surface area contributed by atoms with Crippen molar-refractivity contribution >= 4 is 11.9 Å². The van der Waals surface area contributed by atoms with Gasteiger partial charge in [-0.25, -0.2) is 9.18 Å². The van der Waals surface area contributed by atoms with E-state index in [0.29, 0.717) is 6.42 Å². The highest BCUT2D eigenvalue weighted by molar-refractivity contribution is 5.80. The molecule has 21 heavy (non-hydrogen) atoms. The minimum Gasteiger partial charge on any atom is -0.479 e. The molecule has 6 heteroatoms. The lowest BCUT2D eigenvalue weighted by Gasteiger charge is -2.19. The van der Waals surface area contributed by atoms with Crippen LogP contribution in [0.1, 0.15) is 25.8 Å². The van der Waals surface area contributed by atoms with Gasteiger partial charge in [0.15, 0.2) is 5.60 Å². The van der Waals surface area contributed by atoms with E-state index in [1.54, 1.807) is 12.1 Å². The van der Waals surface area contributed by atoms with Gasteiger partial charge in [0.1, 0.15) is 5.82 Å². The molecule has 0 aliphatic rings. The predicted molar refractivity (Wildman–Crippen MR) is 75.2 cm³/mol. The molecule has 0 saturated carbocycles. The summed E-state index contributed by atoms with van der Waals surface area (Å²) in [5.74, 6) is -2.08. The van der Waals surface area contributed by atoms with Crippen LogP contribution in [0.4, 0.5) is 4.39 Å². The van der Waals surface area contributed by atoms with Crippen molar-refractivity contribution < 1.29 is 24.2 Å². The molecule has 0 spiro atoms. The summed E-state index contributed by atoms with van der Waals surface area (Å²) in [5.41, 5.74) is -1.19. The monoisotopic (exact) mass is 297 g/mol. The third-order valence-electron chi connectivity index (χ3n) is 3.10. The number of hydrogen-bond acceptors (Lipinski definition) is 3. The Labute approximate surface area is 122 Å². The molecule has 0 fully saturated rings. The Balaban J connectivity index is 2.42. The van der Waals surface area contributed by atoms with E-state index in [-0.39, 0.29) is 30.6 Å². The van der Waals surface area contributed by atoms with Crippen molar-refractivity contribution in [1.29, 1.82) is 0 Å². The first-order chi connectivity index (χ1) is 9.70. The van der Waals surface area contributed by atoms with Crippen LogP contribution >= 0.6 is 0 Å². The van der Waals surface area contributed by atoms with Crippen molar-refractivity contribution in [3.8, 4) is 0 Å². The number of carbonyl (C=O) groups excluding carboxylic acids is 1. The van der Waals surface area contributed by atoms with Crippen LogP contribution in [-0.4, -0.2) is 34.2 Å². The van der Waals surface area contributed by atoms with Crippen LogP contribution < -0.4 is 5.32 Å². The van der Waals surface area contributed by atoms with Crippen molar-refractivity contribution in [2.75, 3.05) is 6.54 Å². The number of amides is 1. The summed E-state index contributed by atoms with van der Waals surface area (Å²) in [6.07, 6.45) is 0.715. The van der Waals surface area contributed by atoms with Crippen LogP contribution in [0, 0.1) is 11.7 Å². The molecular formula is C15H20FNO4. The summed E-state index contributed by atoms with van der Waals surface area (Å²) in [6.45, 7) is 2.61. The van der Waals surface area contributed by atoms with Gasteiger partial charge in [0.2, 0.25) is 5.91 Å². The fourth-order valence-corrected chi connectivity index (χ4v) is 1.87. The zero-order valence-corrected chi connectivity index (χ0v) is 12.1. The van der Waals surface area contributed by atoms with Crippen molar-refractivity contribution in [2.24, 2.45) is 5.92 Å². The second-order valence-corrected chi connectivity index (χ2v) is 5.50. The van der Waals surface area contributed by atoms with Crippen LogP contribution in [0.5, 0.6) is 0 Å². The third-order valence-corrected chi connectivity index (χ3v) is 3.10. The molecule has 0 aliphatic heterocycles. The predicted octanol–water partition coefficient (Wildman–Crippen LogP) is 1.35. The first-order valence-electron chi connectivity index (χ1n) is 6.67. The van der Waals surface area contributed by atoms with E-state index in [4.69, 9.17) is 5.11 Å². The lowest BCUT2D eigenvalue weighted by molar-refractivity contribution is -0.156. The van der Waals surface area contributed by atoms with E-state index in [9.17, 15) is 19.1 Å². The first-order valence-corrected chi connectivity index (χ1v) is 6.67. The molecule has 116 valence electrons. The van der Waals surface area contributed by atoms with E-state index in [0.717, 1.165) is 12.5 Å². The van der Waals surface area contributed by atoms with Gasteiger partial charge >= 0.3 is 5.97 Å². The Morgan fingerprint density at radius 3 is 2.67 bits per heavy atom. The first kappa shape index (κ1) is 17.1. The minimum absolute atomic E-state index is 0.0263. The second kappa shape index (κ2) is 7.17. The molecule has 0 radical (unpaired) electrons. The number of carbonyl (C=O) groups is 2. The molecule has 2 unspecified atom stereocenters. The van der Waals surface area contributed by atoms with Gasteiger partial charge in [-0.2, -0.15) is 0 Å². The Hall–Kier alpha value is -1.95. The quantitative estimate of drug-likeness (QED) is 0.709. The van der Waals surface area contributed by atoms with Gasteiger partial charge in [0.05, 0.1) is 6.54 Å². The van der Waals surface area contributed by atoms with Crippen molar-refractivity contribution in [3.63, 3.8) is 0 Å². The highest BCUT2D eigenvalue weighted by atomic mass is 19.1. The zero-order valence-electron chi connectivity index (χ0n) is 12.1. The van der Waals surface area contributed by atoms with Crippen LogP contribution in [0.3, 0.4) is 0 Å². The Morgan fingerprint density at radius 1 is 1.43 bits per heavy atom. The number of carboxylic acids is 1. The van der Waals surface area contributed by atoms with E-state index >= 15 is 0 Å². The zero-order chi connectivity index (χ0) is 16.0. The van der Waals surface area contributed by atoms with Gasteiger partial charge in [0, 0.05) is 6.42 Å². The van der Waals surface area contributed by atoms with Gasteiger partial charge in [-0.3, -0.25) is 4.79 Å². The number of aliphatic hydroxyl groups is 1. The average Bonchev–Trinajstić information content (AvgIpc) is 2.36. The fourth-order valence-electron chi connectivity index (χ4n) is 1.87. The maximum Gasteiger partial charge on any atom is 0.337 e. The van der Waals surface area contributed by atoms with Crippen LogP contribution in [0.25, 0.3) is 0 Å². The number of nitrogens with one attached hydrogen (secondary N) is 1.